The van der Waals surface area contributed by atoms with Crippen LogP contribution in [0.4, 0.5) is 5.69 Å². The average Bonchev–Trinajstić information content (AvgIpc) is 3.37. The number of imidazole rings is 1. The highest BCUT2D eigenvalue weighted by Gasteiger charge is 2.36. The first-order valence-corrected chi connectivity index (χ1v) is 11.8. The van der Waals surface area contributed by atoms with Gasteiger partial charge in [-0.2, -0.15) is 0 Å². The Balaban J connectivity index is 1.37. The first-order chi connectivity index (χ1) is 15.4. The molecule has 0 spiro atoms. The summed E-state index contributed by atoms with van der Waals surface area (Å²) in [5.41, 5.74) is 3.50. The van der Waals surface area contributed by atoms with Crippen molar-refractivity contribution in [2.75, 3.05) is 4.31 Å². The summed E-state index contributed by atoms with van der Waals surface area (Å²) < 4.78 is 30.2. The number of rotatable bonds is 5. The molecule has 0 unspecified atom stereocenters. The third-order valence-electron chi connectivity index (χ3n) is 5.64. The van der Waals surface area contributed by atoms with Crippen molar-refractivity contribution in [2.24, 2.45) is 0 Å². The Morgan fingerprint density at radius 2 is 1.91 bits per heavy atom. The number of sulfonamides is 1. The molecule has 1 atom stereocenters. The summed E-state index contributed by atoms with van der Waals surface area (Å²) in [6.07, 6.45) is 4.40. The maximum atomic E-state index is 13.4. The number of aromatic nitrogens is 2. The molecule has 7 nitrogen and oxygen atoms in total. The minimum Gasteiger partial charge on any atom is -0.346 e. The Labute approximate surface area is 186 Å². The fourth-order valence-corrected chi connectivity index (χ4v) is 5.90. The fraction of sp³-hybridized carbons (Fsp3) is 0.167. The van der Waals surface area contributed by atoms with Gasteiger partial charge in [0.1, 0.15) is 5.65 Å². The van der Waals surface area contributed by atoms with Gasteiger partial charge in [0.15, 0.2) is 0 Å². The first kappa shape index (κ1) is 20.3. The molecule has 162 valence electrons. The second-order valence-corrected chi connectivity index (χ2v) is 9.71. The second kappa shape index (κ2) is 7.80. The van der Waals surface area contributed by atoms with Crippen LogP contribution < -0.4 is 9.62 Å². The molecule has 0 saturated heterocycles. The summed E-state index contributed by atoms with van der Waals surface area (Å²) in [6.45, 7) is 2.14. The molecule has 3 heterocycles. The largest absolute Gasteiger partial charge is 0.346 e. The van der Waals surface area contributed by atoms with Crippen LogP contribution in [0.5, 0.6) is 0 Å². The number of carbonyl (C=O) groups is 1. The monoisotopic (exact) mass is 446 g/mol. The number of benzene rings is 2. The topological polar surface area (TPSA) is 83.8 Å². The van der Waals surface area contributed by atoms with E-state index in [1.807, 2.05) is 66.2 Å². The Morgan fingerprint density at radius 1 is 1.09 bits per heavy atom. The van der Waals surface area contributed by atoms with Gasteiger partial charge in [-0.05, 0) is 55.3 Å². The highest BCUT2D eigenvalue weighted by Crippen LogP contribution is 2.36. The number of nitrogens with zero attached hydrogens (tertiary/aromatic N) is 3. The molecular weight excluding hydrogens is 424 g/mol. The maximum Gasteiger partial charge on any atom is 0.264 e. The normalized spacial score (nSPS) is 15.7. The van der Waals surface area contributed by atoms with Crippen LogP contribution in [0.15, 0.2) is 84.0 Å². The molecule has 2 aromatic carbocycles. The van der Waals surface area contributed by atoms with E-state index in [0.29, 0.717) is 12.1 Å². The highest BCUT2D eigenvalue weighted by atomic mass is 32.2. The van der Waals surface area contributed by atoms with Crippen LogP contribution in [0.1, 0.15) is 28.5 Å². The standard InChI is InChI=1S/C24H22N4O3S/c1-17-13-18-7-2-3-10-22(18)28(17)32(30,31)21-9-6-8-19(14-21)24(29)25-15-20-16-27-12-5-4-11-23(27)26-20/h2-12,14,16-17H,13,15H2,1H3,(H,25,29)/t17-/m1/s1. The summed E-state index contributed by atoms with van der Waals surface area (Å²) in [4.78, 5) is 17.3. The Bertz CT molecular complexity index is 1390. The minimum atomic E-state index is -3.80. The molecule has 1 N–H and O–H groups in total. The summed E-state index contributed by atoms with van der Waals surface area (Å²) in [5.74, 6) is -0.353. The lowest BCUT2D eigenvalue weighted by molar-refractivity contribution is 0.0950. The maximum absolute atomic E-state index is 13.4. The van der Waals surface area contributed by atoms with Crippen LogP contribution in [-0.2, 0) is 23.0 Å². The van der Waals surface area contributed by atoms with Crippen molar-refractivity contribution in [1.29, 1.82) is 0 Å². The lowest BCUT2D eigenvalue weighted by Gasteiger charge is -2.24. The predicted octanol–water partition coefficient (Wildman–Crippen LogP) is 3.40. The molecule has 8 heteroatoms. The summed E-state index contributed by atoms with van der Waals surface area (Å²) >= 11 is 0. The zero-order valence-corrected chi connectivity index (χ0v) is 18.3. The first-order valence-electron chi connectivity index (χ1n) is 10.4. The number of hydrogen-bond donors (Lipinski definition) is 1. The van der Waals surface area contributed by atoms with E-state index in [1.165, 1.54) is 16.4 Å². The van der Waals surface area contributed by atoms with E-state index in [2.05, 4.69) is 10.3 Å². The molecule has 1 aliphatic rings. The van der Waals surface area contributed by atoms with Crippen LogP contribution in [0.3, 0.4) is 0 Å². The summed E-state index contributed by atoms with van der Waals surface area (Å²) in [7, 11) is -3.80. The molecule has 0 aliphatic carbocycles. The zero-order chi connectivity index (χ0) is 22.3. The smallest absolute Gasteiger partial charge is 0.264 e. The number of fused-ring (bicyclic) bond motifs is 2. The molecule has 0 saturated carbocycles. The quantitative estimate of drug-likeness (QED) is 0.509. The predicted molar refractivity (Wildman–Crippen MR) is 122 cm³/mol. The molecule has 0 fully saturated rings. The van der Waals surface area contributed by atoms with Crippen LogP contribution in [-0.4, -0.2) is 29.8 Å². The summed E-state index contributed by atoms with van der Waals surface area (Å²) in [6, 6.07) is 19.2. The molecule has 4 aromatic rings. The number of pyridine rings is 1. The lowest BCUT2D eigenvalue weighted by Crippen LogP contribution is -2.35. The number of amides is 1. The van der Waals surface area contributed by atoms with E-state index in [1.54, 1.807) is 12.1 Å². The fourth-order valence-electron chi connectivity index (χ4n) is 4.16. The van der Waals surface area contributed by atoms with Crippen LogP contribution in [0, 0.1) is 0 Å². The molecule has 1 aliphatic heterocycles. The highest BCUT2D eigenvalue weighted by molar-refractivity contribution is 7.92. The third-order valence-corrected chi connectivity index (χ3v) is 7.57. The molecule has 32 heavy (non-hydrogen) atoms. The van der Waals surface area contributed by atoms with Gasteiger partial charge in [-0.1, -0.05) is 30.3 Å². The van der Waals surface area contributed by atoms with Crippen LogP contribution >= 0.6 is 0 Å². The van der Waals surface area contributed by atoms with Crippen molar-refractivity contribution in [3.05, 3.63) is 95.9 Å². The molecule has 2 aromatic heterocycles. The molecule has 1 amide bonds. The molecule has 0 bridgehead atoms. The van der Waals surface area contributed by atoms with E-state index in [-0.39, 0.29) is 29.0 Å². The van der Waals surface area contributed by atoms with Crippen molar-refractivity contribution in [2.45, 2.75) is 30.8 Å². The van der Waals surface area contributed by atoms with Crippen LogP contribution in [0.25, 0.3) is 5.65 Å². The Kier molecular flexibility index (Phi) is 4.94. The number of anilines is 1. The number of hydrogen-bond acceptors (Lipinski definition) is 4. The number of para-hydroxylation sites is 1. The van der Waals surface area contributed by atoms with Gasteiger partial charge in [-0.3, -0.25) is 9.10 Å². The van der Waals surface area contributed by atoms with Gasteiger partial charge < -0.3 is 9.72 Å². The Morgan fingerprint density at radius 3 is 2.75 bits per heavy atom. The van der Waals surface area contributed by atoms with Crippen molar-refractivity contribution in [3.63, 3.8) is 0 Å². The molecule has 5 rings (SSSR count). The second-order valence-electron chi connectivity index (χ2n) is 7.89. The van der Waals surface area contributed by atoms with Crippen molar-refractivity contribution in [3.8, 4) is 0 Å². The van der Waals surface area contributed by atoms with Crippen molar-refractivity contribution >= 4 is 27.3 Å². The van der Waals surface area contributed by atoms with Crippen molar-refractivity contribution in [1.82, 2.24) is 14.7 Å². The number of carbonyl (C=O) groups excluding carboxylic acids is 1. The van der Waals surface area contributed by atoms with E-state index in [9.17, 15) is 13.2 Å². The van der Waals surface area contributed by atoms with E-state index < -0.39 is 10.0 Å². The minimum absolute atomic E-state index is 0.0985. The van der Waals surface area contributed by atoms with Gasteiger partial charge >= 0.3 is 0 Å². The number of nitrogens with one attached hydrogen (secondary N) is 1. The zero-order valence-electron chi connectivity index (χ0n) is 17.5. The molecular formula is C24H22N4O3S. The van der Waals surface area contributed by atoms with Crippen molar-refractivity contribution < 1.29 is 13.2 Å². The molecule has 0 radical (unpaired) electrons. The van der Waals surface area contributed by atoms with Crippen LogP contribution in [0.2, 0.25) is 0 Å². The lowest BCUT2D eigenvalue weighted by atomic mass is 10.1. The van der Waals surface area contributed by atoms with Gasteiger partial charge in [0.25, 0.3) is 15.9 Å². The van der Waals surface area contributed by atoms with Gasteiger partial charge in [0.2, 0.25) is 0 Å². The summed E-state index contributed by atoms with van der Waals surface area (Å²) in [5, 5.41) is 2.83. The van der Waals surface area contributed by atoms with Gasteiger partial charge in [0.05, 0.1) is 22.8 Å². The third kappa shape index (κ3) is 3.52. The van der Waals surface area contributed by atoms with Gasteiger partial charge in [-0.15, -0.1) is 0 Å². The van der Waals surface area contributed by atoms with Gasteiger partial charge in [0, 0.05) is 24.0 Å². The van der Waals surface area contributed by atoms with E-state index >= 15 is 0 Å². The Hall–Kier alpha value is -3.65. The average molecular weight is 447 g/mol. The SMILES string of the molecule is C[C@@H]1Cc2ccccc2N1S(=O)(=O)c1cccc(C(=O)NCc2cn3ccccc3n2)c1. The van der Waals surface area contributed by atoms with E-state index in [0.717, 1.165) is 16.9 Å². The van der Waals surface area contributed by atoms with E-state index in [4.69, 9.17) is 0 Å². The van der Waals surface area contributed by atoms with Gasteiger partial charge in [-0.25, -0.2) is 13.4 Å².